The molecule has 4 nitrogen and oxygen atoms in total. The highest BCUT2D eigenvalue weighted by Crippen LogP contribution is 2.37. The Balaban J connectivity index is 1.72. The van der Waals surface area contributed by atoms with Gasteiger partial charge >= 0.3 is 12.1 Å². The Morgan fingerprint density at radius 3 is 2.52 bits per heavy atom. The number of rotatable bonds is 8. The van der Waals surface area contributed by atoms with Crippen LogP contribution in [0.5, 0.6) is 0 Å². The van der Waals surface area contributed by atoms with Crippen molar-refractivity contribution in [3.05, 3.63) is 63.5 Å². The molecule has 1 saturated heterocycles. The van der Waals surface area contributed by atoms with Crippen molar-refractivity contribution in [2.24, 2.45) is 0 Å². The van der Waals surface area contributed by atoms with Gasteiger partial charge in [0.2, 0.25) is 0 Å². The summed E-state index contributed by atoms with van der Waals surface area (Å²) in [5.74, 6) is -1.06. The molecule has 33 heavy (non-hydrogen) atoms. The number of nitrogens with zero attached hydrogens (tertiary/aromatic N) is 1. The van der Waals surface area contributed by atoms with Crippen LogP contribution in [0, 0.1) is 0 Å². The number of carbonyl (C=O) groups excluding carboxylic acids is 1. The summed E-state index contributed by atoms with van der Waals surface area (Å²) >= 11 is 12.3. The Morgan fingerprint density at radius 2 is 1.85 bits per heavy atom. The molecule has 0 unspecified atom stereocenters. The van der Waals surface area contributed by atoms with Gasteiger partial charge in [-0.3, -0.25) is 14.5 Å². The number of halogens is 4. The van der Waals surface area contributed by atoms with Gasteiger partial charge in [-0.05, 0) is 53.8 Å². The zero-order valence-corrected chi connectivity index (χ0v) is 19.6. The number of benzene rings is 2. The minimum Gasteiger partial charge on any atom is -0.481 e. The average Bonchev–Trinajstić information content (AvgIpc) is 2.99. The van der Waals surface area contributed by atoms with Gasteiger partial charge in [-0.2, -0.15) is 13.2 Å². The molecule has 1 heterocycles. The minimum absolute atomic E-state index is 0.0960. The molecule has 10 heteroatoms. The average molecular weight is 514 g/mol. The molecule has 1 aliphatic rings. The Labute approximate surface area is 203 Å². The molecule has 0 atom stereocenters. The second-order valence-corrected chi connectivity index (χ2v) is 9.44. The van der Waals surface area contributed by atoms with Crippen molar-refractivity contribution in [2.45, 2.75) is 31.9 Å². The quantitative estimate of drug-likeness (QED) is 0.237. The predicted octanol–water partition coefficient (Wildman–Crippen LogP) is 6.87. The van der Waals surface area contributed by atoms with Crippen molar-refractivity contribution < 1.29 is 27.9 Å². The molecule has 0 saturated carbocycles. The maximum absolute atomic E-state index is 13.0. The zero-order chi connectivity index (χ0) is 24.2. The van der Waals surface area contributed by atoms with Gasteiger partial charge in [0.1, 0.15) is 4.32 Å². The summed E-state index contributed by atoms with van der Waals surface area (Å²) < 4.78 is 39.3. The lowest BCUT2D eigenvalue weighted by molar-refractivity contribution is -0.138. The number of carbonyl (C=O) groups is 2. The summed E-state index contributed by atoms with van der Waals surface area (Å²) in [6.07, 6.45) is -0.863. The molecular formula is C23H19ClF3NO3S2. The van der Waals surface area contributed by atoms with Gasteiger partial charge < -0.3 is 5.11 Å². The van der Waals surface area contributed by atoms with E-state index in [2.05, 4.69) is 0 Å². The fourth-order valence-corrected chi connectivity index (χ4v) is 4.90. The van der Waals surface area contributed by atoms with E-state index in [0.29, 0.717) is 51.7 Å². The SMILES string of the molecule is O=C(O)CCCCCN1C(=O)C(=Cc2cccc(-c3ccc(C(F)(F)F)c(Cl)c3)c2)SC1=S. The van der Waals surface area contributed by atoms with Crippen molar-refractivity contribution in [2.75, 3.05) is 6.54 Å². The van der Waals surface area contributed by atoms with Crippen LogP contribution in [-0.4, -0.2) is 32.7 Å². The van der Waals surface area contributed by atoms with Gasteiger partial charge in [-0.15, -0.1) is 0 Å². The molecule has 0 bridgehead atoms. The van der Waals surface area contributed by atoms with Crippen LogP contribution in [0.25, 0.3) is 17.2 Å². The van der Waals surface area contributed by atoms with Crippen LogP contribution in [0.1, 0.15) is 36.8 Å². The third-order valence-electron chi connectivity index (χ3n) is 4.94. The Morgan fingerprint density at radius 1 is 1.12 bits per heavy atom. The highest BCUT2D eigenvalue weighted by molar-refractivity contribution is 8.26. The fourth-order valence-electron chi connectivity index (χ4n) is 3.30. The number of alkyl halides is 3. The molecule has 0 radical (unpaired) electrons. The summed E-state index contributed by atoms with van der Waals surface area (Å²) in [6, 6.07) is 10.6. The van der Waals surface area contributed by atoms with E-state index in [9.17, 15) is 22.8 Å². The number of carboxylic acids is 1. The molecule has 2 aromatic carbocycles. The van der Waals surface area contributed by atoms with E-state index in [1.807, 2.05) is 0 Å². The molecule has 1 aliphatic heterocycles. The predicted molar refractivity (Wildman–Crippen MR) is 128 cm³/mol. The van der Waals surface area contributed by atoms with Gasteiger partial charge in [0.15, 0.2) is 0 Å². The number of aliphatic carboxylic acids is 1. The summed E-state index contributed by atoms with van der Waals surface area (Å²) in [5.41, 5.74) is 0.992. The number of unbranched alkanes of at least 4 members (excludes halogenated alkanes) is 2. The van der Waals surface area contributed by atoms with E-state index in [0.717, 1.165) is 6.07 Å². The number of hydrogen-bond donors (Lipinski definition) is 1. The lowest BCUT2D eigenvalue weighted by Crippen LogP contribution is -2.29. The van der Waals surface area contributed by atoms with Crippen LogP contribution in [-0.2, 0) is 15.8 Å². The van der Waals surface area contributed by atoms with Crippen LogP contribution < -0.4 is 0 Å². The summed E-state index contributed by atoms with van der Waals surface area (Å²) in [4.78, 5) is 25.3. The van der Waals surface area contributed by atoms with E-state index in [1.54, 1.807) is 30.3 Å². The Kier molecular flexibility index (Phi) is 8.20. The van der Waals surface area contributed by atoms with Crippen LogP contribution >= 0.6 is 35.6 Å². The van der Waals surface area contributed by atoms with Crippen LogP contribution in [0.2, 0.25) is 5.02 Å². The first kappa shape index (κ1) is 25.3. The van der Waals surface area contributed by atoms with Gasteiger partial charge in [-0.1, -0.05) is 66.3 Å². The summed E-state index contributed by atoms with van der Waals surface area (Å²) in [7, 11) is 0. The highest BCUT2D eigenvalue weighted by Gasteiger charge is 2.33. The third-order valence-corrected chi connectivity index (χ3v) is 6.63. The molecular weight excluding hydrogens is 495 g/mol. The first-order valence-electron chi connectivity index (χ1n) is 10.0. The lowest BCUT2D eigenvalue weighted by Gasteiger charge is -2.13. The second kappa shape index (κ2) is 10.7. The molecule has 2 aromatic rings. The molecule has 174 valence electrons. The maximum Gasteiger partial charge on any atom is 0.417 e. The number of thioether (sulfide) groups is 1. The first-order chi connectivity index (χ1) is 15.6. The van der Waals surface area contributed by atoms with E-state index >= 15 is 0 Å². The van der Waals surface area contributed by atoms with Gasteiger partial charge in [0, 0.05) is 13.0 Å². The fraction of sp³-hybridized carbons (Fsp3) is 0.261. The van der Waals surface area contributed by atoms with Gasteiger partial charge in [0.25, 0.3) is 5.91 Å². The normalized spacial score (nSPS) is 15.5. The lowest BCUT2D eigenvalue weighted by atomic mass is 10.0. The largest absolute Gasteiger partial charge is 0.481 e. The Hall–Kier alpha value is -2.36. The molecule has 1 fully saturated rings. The number of hydrogen-bond acceptors (Lipinski definition) is 4. The topological polar surface area (TPSA) is 57.6 Å². The van der Waals surface area contributed by atoms with Crippen molar-refractivity contribution in [3.8, 4) is 11.1 Å². The van der Waals surface area contributed by atoms with E-state index in [-0.39, 0.29) is 17.4 Å². The molecule has 3 rings (SSSR count). The van der Waals surface area contributed by atoms with Crippen LogP contribution in [0.15, 0.2) is 47.4 Å². The van der Waals surface area contributed by atoms with Crippen LogP contribution in [0.4, 0.5) is 13.2 Å². The molecule has 0 aromatic heterocycles. The van der Waals surface area contributed by atoms with E-state index < -0.39 is 17.7 Å². The molecule has 1 N–H and O–H groups in total. The first-order valence-corrected chi connectivity index (χ1v) is 11.6. The smallest absolute Gasteiger partial charge is 0.417 e. The number of amides is 1. The summed E-state index contributed by atoms with van der Waals surface area (Å²) in [6.45, 7) is 0.422. The molecule has 0 spiro atoms. The van der Waals surface area contributed by atoms with Gasteiger partial charge in [0.05, 0.1) is 15.5 Å². The number of thiocarbonyl (C=S) groups is 1. The van der Waals surface area contributed by atoms with Crippen LogP contribution in [0.3, 0.4) is 0 Å². The van der Waals surface area contributed by atoms with Crippen molar-refractivity contribution in [1.29, 1.82) is 0 Å². The minimum atomic E-state index is -4.53. The van der Waals surface area contributed by atoms with Gasteiger partial charge in [-0.25, -0.2) is 0 Å². The van der Waals surface area contributed by atoms with Crippen molar-refractivity contribution >= 4 is 57.9 Å². The van der Waals surface area contributed by atoms with Crippen molar-refractivity contribution in [1.82, 2.24) is 4.90 Å². The van der Waals surface area contributed by atoms with E-state index in [4.69, 9.17) is 28.9 Å². The third kappa shape index (κ3) is 6.59. The Bertz CT molecular complexity index is 1120. The maximum atomic E-state index is 13.0. The second-order valence-electron chi connectivity index (χ2n) is 7.36. The monoisotopic (exact) mass is 513 g/mol. The highest BCUT2D eigenvalue weighted by atomic mass is 35.5. The van der Waals surface area contributed by atoms with E-state index in [1.165, 1.54) is 28.8 Å². The summed E-state index contributed by atoms with van der Waals surface area (Å²) in [5, 5.41) is 8.31. The standard InChI is InChI=1S/C23H19ClF3NO3S2/c24-18-13-16(8-9-17(18)23(25,26)27)15-6-4-5-14(11-15)12-19-21(31)28(22(32)33-19)10-3-1-2-7-20(29)30/h4-6,8-9,11-13H,1-3,7,10H2,(H,29,30). The zero-order valence-electron chi connectivity index (χ0n) is 17.2. The number of carboxylic acid groups (broad SMARTS) is 1. The molecule has 1 amide bonds. The van der Waals surface area contributed by atoms with Crippen molar-refractivity contribution in [3.63, 3.8) is 0 Å². The molecule has 0 aliphatic carbocycles.